The molecule has 0 radical (unpaired) electrons. The predicted octanol–water partition coefficient (Wildman–Crippen LogP) is 22.5. The van der Waals surface area contributed by atoms with Gasteiger partial charge in [0.1, 0.15) is 0 Å². The van der Waals surface area contributed by atoms with Gasteiger partial charge in [-0.3, -0.25) is 0 Å². The number of rotatable bonds is 8. The maximum Gasteiger partial charge on any atom is -0.00264 e. The monoisotopic (exact) mass is 1010 g/mol. The lowest BCUT2D eigenvalue weighted by atomic mass is 9.82. The average Bonchev–Trinajstić information content (AvgIpc) is 3.54. The van der Waals surface area contributed by atoms with Gasteiger partial charge < -0.3 is 0 Å². The van der Waals surface area contributed by atoms with Gasteiger partial charge in [-0.25, -0.2) is 0 Å². The fraction of sp³-hybridized carbons (Fsp3) is 0.205. The molecule has 0 heterocycles. The summed E-state index contributed by atoms with van der Waals surface area (Å²) >= 11 is 0. The Morgan fingerprint density at radius 1 is 0.167 bits per heavy atom. The molecule has 0 nitrogen and oxygen atoms in total. The first-order chi connectivity index (χ1) is 37.2. The van der Waals surface area contributed by atoms with Crippen LogP contribution in [0.2, 0.25) is 0 Å². The summed E-state index contributed by atoms with van der Waals surface area (Å²) in [5.74, 6) is 0. The van der Waals surface area contributed by atoms with Crippen molar-refractivity contribution in [2.24, 2.45) is 0 Å². The molecule has 0 amide bonds. The second kappa shape index (κ2) is 20.1. The number of fused-ring (bicyclic) bond motifs is 2. The van der Waals surface area contributed by atoms with Gasteiger partial charge in [0.05, 0.1) is 0 Å². The molecule has 0 fully saturated rings. The highest BCUT2D eigenvalue weighted by Gasteiger charge is 2.23. The summed E-state index contributed by atoms with van der Waals surface area (Å²) in [4.78, 5) is 0. The highest BCUT2D eigenvalue weighted by Crippen LogP contribution is 2.48. The number of benzene rings is 11. The van der Waals surface area contributed by atoms with E-state index in [1.54, 1.807) is 0 Å². The van der Waals surface area contributed by atoms with Crippen molar-refractivity contribution < 1.29 is 0 Å². The van der Waals surface area contributed by atoms with Gasteiger partial charge in [-0.1, -0.05) is 314 Å². The van der Waals surface area contributed by atoms with Gasteiger partial charge in [-0.05, 0) is 154 Å². The van der Waals surface area contributed by atoms with Crippen molar-refractivity contribution in [1.82, 2.24) is 0 Å². The molecule has 0 aromatic heterocycles. The van der Waals surface area contributed by atoms with Crippen LogP contribution in [0, 0.1) is 0 Å². The Kier molecular flexibility index (Phi) is 13.4. The highest BCUT2D eigenvalue weighted by atomic mass is 14.3. The Morgan fingerprint density at radius 3 is 0.538 bits per heavy atom. The second-order valence-corrected chi connectivity index (χ2v) is 25.8. The van der Waals surface area contributed by atoms with E-state index in [0.29, 0.717) is 0 Å². The van der Waals surface area contributed by atoms with Crippen LogP contribution in [-0.2, 0) is 21.7 Å². The smallest absolute Gasteiger partial charge is 0.00264 e. The summed E-state index contributed by atoms with van der Waals surface area (Å²) in [6.45, 7) is 27.4. The van der Waals surface area contributed by atoms with Crippen molar-refractivity contribution in [3.8, 4) is 89.0 Å². The summed E-state index contributed by atoms with van der Waals surface area (Å²) in [7, 11) is 0. The summed E-state index contributed by atoms with van der Waals surface area (Å²) in [5.41, 5.74) is 25.2. The van der Waals surface area contributed by atoms with Gasteiger partial charge in [0.25, 0.3) is 0 Å². The maximum absolute atomic E-state index is 2.35. The molecule has 0 atom stereocenters. The van der Waals surface area contributed by atoms with Crippen LogP contribution in [0.1, 0.15) is 105 Å². The molecule has 0 aliphatic rings. The minimum atomic E-state index is 0.0721. The molecule has 386 valence electrons. The normalized spacial score (nSPS) is 12.4. The molecule has 0 N–H and O–H groups in total. The molecule has 0 saturated heterocycles. The SMILES string of the molecule is CC(C)(C)c1ccc(-c2cccc(-c3ccc(C(C)(C)C)cc3)c2-c2ccc(-c3c4ccccc4c(-c4ccc(-c5c(-c6ccc(C(C)(C)C)cc6)cccc5-c5ccc(C(C)(C)C)cc5)cc4)c4ccccc34)cc2)cc1. The number of hydrogen-bond acceptors (Lipinski definition) is 0. The Balaban J connectivity index is 1.03. The Morgan fingerprint density at radius 2 is 0.346 bits per heavy atom. The van der Waals surface area contributed by atoms with E-state index in [9.17, 15) is 0 Å². The zero-order chi connectivity index (χ0) is 54.7. The predicted molar refractivity (Wildman–Crippen MR) is 340 cm³/mol. The van der Waals surface area contributed by atoms with Crippen LogP contribution in [0.4, 0.5) is 0 Å². The van der Waals surface area contributed by atoms with Crippen LogP contribution >= 0.6 is 0 Å². The van der Waals surface area contributed by atoms with Crippen LogP contribution in [0.25, 0.3) is 111 Å². The Labute approximate surface area is 465 Å². The third kappa shape index (κ3) is 10.1. The van der Waals surface area contributed by atoms with Crippen molar-refractivity contribution in [3.05, 3.63) is 253 Å². The van der Waals surface area contributed by atoms with E-state index >= 15 is 0 Å². The average molecular weight is 1010 g/mol. The summed E-state index contributed by atoms with van der Waals surface area (Å²) in [5, 5.41) is 4.97. The summed E-state index contributed by atoms with van der Waals surface area (Å²) < 4.78 is 0. The zero-order valence-corrected chi connectivity index (χ0v) is 47.9. The molecule has 0 bridgehead atoms. The van der Waals surface area contributed by atoms with Crippen LogP contribution in [0.3, 0.4) is 0 Å². The van der Waals surface area contributed by atoms with Crippen molar-refractivity contribution >= 4 is 21.5 Å². The van der Waals surface area contributed by atoms with Gasteiger partial charge in [-0.15, -0.1) is 0 Å². The van der Waals surface area contributed by atoms with Gasteiger partial charge in [0.2, 0.25) is 0 Å². The summed E-state index contributed by atoms with van der Waals surface area (Å²) in [6, 6.07) is 87.4. The van der Waals surface area contributed by atoms with Crippen molar-refractivity contribution in [3.63, 3.8) is 0 Å². The second-order valence-electron chi connectivity index (χ2n) is 25.8. The fourth-order valence-electron chi connectivity index (χ4n) is 11.6. The molecule has 0 saturated carbocycles. The van der Waals surface area contributed by atoms with E-state index in [-0.39, 0.29) is 21.7 Å². The standard InChI is InChI=1S/C78H74/c1-75(2,3)59-43-35-51(36-44-59)63-23-17-24-64(52-37-45-60(46-38-52)76(4,5)6)71(63)55-27-31-57(32-28-55)73-67-19-13-15-21-69(67)74(70-22-16-14-20-68(70)73)58-33-29-56(30-34-58)72-65(53-39-47-61(48-40-53)77(7,8)9)25-18-26-66(72)54-41-49-62(50-42-54)78(10,11)12/h13-50H,1-12H3. The summed E-state index contributed by atoms with van der Waals surface area (Å²) in [6.07, 6.45) is 0. The first kappa shape index (κ1) is 52.0. The van der Waals surface area contributed by atoms with E-state index in [0.717, 1.165) is 0 Å². The van der Waals surface area contributed by atoms with Crippen LogP contribution in [0.15, 0.2) is 231 Å². The molecule has 78 heavy (non-hydrogen) atoms. The van der Waals surface area contributed by atoms with Crippen molar-refractivity contribution in [2.45, 2.75) is 105 Å². The van der Waals surface area contributed by atoms with Gasteiger partial charge in [0.15, 0.2) is 0 Å². The third-order valence-corrected chi connectivity index (χ3v) is 16.2. The van der Waals surface area contributed by atoms with Crippen LogP contribution < -0.4 is 0 Å². The molecular weight excluding hydrogens is 937 g/mol. The molecule has 0 unspecified atom stereocenters. The quantitative estimate of drug-likeness (QED) is 0.133. The van der Waals surface area contributed by atoms with E-state index in [4.69, 9.17) is 0 Å². The molecule has 11 aromatic rings. The lowest BCUT2D eigenvalue weighted by molar-refractivity contribution is 0.590. The lowest BCUT2D eigenvalue weighted by Crippen LogP contribution is -2.10. The Bertz CT molecular complexity index is 3480. The first-order valence-corrected chi connectivity index (χ1v) is 28.1. The molecule has 0 aliphatic carbocycles. The zero-order valence-electron chi connectivity index (χ0n) is 47.9. The third-order valence-electron chi connectivity index (χ3n) is 16.2. The molecular formula is C78H74. The number of hydrogen-bond donors (Lipinski definition) is 0. The van der Waals surface area contributed by atoms with E-state index in [1.807, 2.05) is 0 Å². The van der Waals surface area contributed by atoms with Gasteiger partial charge in [0, 0.05) is 0 Å². The fourth-order valence-corrected chi connectivity index (χ4v) is 11.6. The minimum absolute atomic E-state index is 0.0721. The van der Waals surface area contributed by atoms with Gasteiger partial charge in [-0.2, -0.15) is 0 Å². The van der Waals surface area contributed by atoms with E-state index in [1.165, 1.54) is 133 Å². The largest absolute Gasteiger partial charge is 0.0616 e. The van der Waals surface area contributed by atoms with Crippen molar-refractivity contribution in [1.29, 1.82) is 0 Å². The van der Waals surface area contributed by atoms with E-state index in [2.05, 4.69) is 314 Å². The maximum atomic E-state index is 2.35. The highest BCUT2D eigenvalue weighted by molar-refractivity contribution is 6.21. The molecule has 0 spiro atoms. The van der Waals surface area contributed by atoms with Crippen LogP contribution in [-0.4, -0.2) is 0 Å². The topological polar surface area (TPSA) is 0 Å². The van der Waals surface area contributed by atoms with Crippen LogP contribution in [0.5, 0.6) is 0 Å². The minimum Gasteiger partial charge on any atom is -0.0616 e. The Hall–Kier alpha value is -8.06. The van der Waals surface area contributed by atoms with E-state index < -0.39 is 0 Å². The molecule has 0 aliphatic heterocycles. The van der Waals surface area contributed by atoms with Crippen molar-refractivity contribution in [2.75, 3.05) is 0 Å². The molecule has 0 heteroatoms. The van der Waals surface area contributed by atoms with Gasteiger partial charge >= 0.3 is 0 Å². The molecule has 11 aromatic carbocycles. The lowest BCUT2D eigenvalue weighted by Gasteiger charge is -2.22. The molecule has 11 rings (SSSR count). The first-order valence-electron chi connectivity index (χ1n) is 28.1.